The zero-order valence-electron chi connectivity index (χ0n) is 10.8. The molecule has 0 radical (unpaired) electrons. The maximum Gasteiger partial charge on any atom is 0.126 e. The molecule has 1 nitrogen and oxygen atoms in total. The van der Waals surface area contributed by atoms with E-state index in [1.54, 1.807) is 12.1 Å². The first kappa shape index (κ1) is 12.6. The minimum Gasteiger partial charge on any atom is -0.389 e. The lowest BCUT2D eigenvalue weighted by atomic mass is 9.84. The van der Waals surface area contributed by atoms with Crippen molar-refractivity contribution in [2.24, 2.45) is 11.3 Å². The van der Waals surface area contributed by atoms with Crippen molar-refractivity contribution in [2.75, 3.05) is 0 Å². The van der Waals surface area contributed by atoms with Gasteiger partial charge in [-0.3, -0.25) is 0 Å². The van der Waals surface area contributed by atoms with Gasteiger partial charge in [0, 0.05) is 6.42 Å². The van der Waals surface area contributed by atoms with Gasteiger partial charge in [-0.1, -0.05) is 39.0 Å². The van der Waals surface area contributed by atoms with Gasteiger partial charge in [-0.2, -0.15) is 0 Å². The quantitative estimate of drug-likeness (QED) is 0.832. The summed E-state index contributed by atoms with van der Waals surface area (Å²) in [7, 11) is 0. The van der Waals surface area contributed by atoms with E-state index in [4.69, 9.17) is 0 Å². The fourth-order valence-electron chi connectivity index (χ4n) is 3.30. The average Bonchev–Trinajstić information content (AvgIpc) is 2.39. The summed E-state index contributed by atoms with van der Waals surface area (Å²) in [6.07, 6.45) is 2.16. The summed E-state index contributed by atoms with van der Waals surface area (Å²) in [4.78, 5) is 0. The Kier molecular flexibility index (Phi) is 3.03. The van der Waals surface area contributed by atoms with Crippen molar-refractivity contribution in [3.05, 3.63) is 35.6 Å². The maximum absolute atomic E-state index is 13.6. The molecule has 2 rings (SSSR count). The lowest BCUT2D eigenvalue weighted by Crippen LogP contribution is -2.35. The SMILES string of the molecule is CC1CC(C)(C)CC1(O)Cc1ccccc1F. The Morgan fingerprint density at radius 3 is 2.53 bits per heavy atom. The number of hydrogen-bond donors (Lipinski definition) is 1. The molecule has 0 spiro atoms. The normalized spacial score (nSPS) is 31.7. The molecule has 1 aliphatic rings. The molecule has 0 bridgehead atoms. The second-order valence-electron chi connectivity index (χ2n) is 6.32. The highest BCUT2D eigenvalue weighted by molar-refractivity contribution is 5.21. The van der Waals surface area contributed by atoms with Crippen molar-refractivity contribution < 1.29 is 9.50 Å². The monoisotopic (exact) mass is 236 g/mol. The van der Waals surface area contributed by atoms with E-state index < -0.39 is 5.60 Å². The molecule has 1 N–H and O–H groups in total. The first-order valence-electron chi connectivity index (χ1n) is 6.28. The lowest BCUT2D eigenvalue weighted by Gasteiger charge is -2.28. The molecule has 0 saturated heterocycles. The second kappa shape index (κ2) is 4.09. The number of benzene rings is 1. The molecule has 1 aliphatic carbocycles. The molecule has 1 aromatic carbocycles. The van der Waals surface area contributed by atoms with E-state index in [2.05, 4.69) is 20.8 Å². The summed E-state index contributed by atoms with van der Waals surface area (Å²) in [5, 5.41) is 10.7. The van der Waals surface area contributed by atoms with Crippen LogP contribution >= 0.6 is 0 Å². The predicted octanol–water partition coefficient (Wildman–Crippen LogP) is 3.56. The summed E-state index contributed by atoms with van der Waals surface area (Å²) in [6, 6.07) is 6.74. The molecule has 0 aromatic heterocycles. The molecule has 1 fully saturated rings. The number of aliphatic hydroxyl groups is 1. The Morgan fingerprint density at radius 2 is 2.00 bits per heavy atom. The van der Waals surface area contributed by atoms with Crippen molar-refractivity contribution in [2.45, 2.75) is 45.6 Å². The van der Waals surface area contributed by atoms with Gasteiger partial charge in [0.15, 0.2) is 0 Å². The molecule has 17 heavy (non-hydrogen) atoms. The van der Waals surface area contributed by atoms with Gasteiger partial charge in [-0.05, 0) is 35.8 Å². The van der Waals surface area contributed by atoms with Crippen LogP contribution in [0.3, 0.4) is 0 Å². The molecule has 2 unspecified atom stereocenters. The molecule has 2 heteroatoms. The molecule has 1 aromatic rings. The van der Waals surface area contributed by atoms with E-state index in [1.807, 2.05) is 6.07 Å². The fraction of sp³-hybridized carbons (Fsp3) is 0.600. The first-order chi connectivity index (χ1) is 7.82. The summed E-state index contributed by atoms with van der Waals surface area (Å²) in [5.74, 6) is 0.00920. The Bertz CT molecular complexity index is 413. The number of hydrogen-bond acceptors (Lipinski definition) is 1. The van der Waals surface area contributed by atoms with Crippen LogP contribution in [0.5, 0.6) is 0 Å². The smallest absolute Gasteiger partial charge is 0.126 e. The third-order valence-corrected chi connectivity index (χ3v) is 4.02. The van der Waals surface area contributed by atoms with Crippen LogP contribution < -0.4 is 0 Å². The number of halogens is 1. The van der Waals surface area contributed by atoms with E-state index >= 15 is 0 Å². The van der Waals surface area contributed by atoms with Crippen molar-refractivity contribution >= 4 is 0 Å². The highest BCUT2D eigenvalue weighted by Gasteiger charge is 2.47. The highest BCUT2D eigenvalue weighted by Crippen LogP contribution is 2.48. The Hall–Kier alpha value is -0.890. The van der Waals surface area contributed by atoms with E-state index in [9.17, 15) is 9.50 Å². The van der Waals surface area contributed by atoms with Crippen LogP contribution in [0, 0.1) is 17.2 Å². The van der Waals surface area contributed by atoms with Gasteiger partial charge >= 0.3 is 0 Å². The summed E-state index contributed by atoms with van der Waals surface area (Å²) >= 11 is 0. The molecular formula is C15H21FO. The van der Waals surface area contributed by atoms with Crippen LogP contribution in [0.15, 0.2) is 24.3 Å². The minimum atomic E-state index is -0.758. The molecule has 0 amide bonds. The van der Waals surface area contributed by atoms with E-state index in [1.165, 1.54) is 6.07 Å². The molecule has 2 atom stereocenters. The summed E-state index contributed by atoms with van der Waals surface area (Å²) in [6.45, 7) is 6.40. The van der Waals surface area contributed by atoms with E-state index in [0.717, 1.165) is 12.8 Å². The first-order valence-corrected chi connectivity index (χ1v) is 6.28. The molecule has 0 aliphatic heterocycles. The van der Waals surface area contributed by atoms with Crippen LogP contribution in [0.4, 0.5) is 4.39 Å². The van der Waals surface area contributed by atoms with Crippen LogP contribution in [0.1, 0.15) is 39.2 Å². The van der Waals surface area contributed by atoms with Gasteiger partial charge in [0.05, 0.1) is 5.60 Å². The molecule has 0 heterocycles. The predicted molar refractivity (Wildman–Crippen MR) is 67.2 cm³/mol. The van der Waals surface area contributed by atoms with Crippen LogP contribution in [0.25, 0.3) is 0 Å². The standard InChI is InChI=1S/C15H21FO/c1-11-8-14(2,3)10-15(11,17)9-12-6-4-5-7-13(12)16/h4-7,11,17H,8-10H2,1-3H3. The lowest BCUT2D eigenvalue weighted by molar-refractivity contribution is 0.00374. The third-order valence-electron chi connectivity index (χ3n) is 4.02. The Morgan fingerprint density at radius 1 is 1.35 bits per heavy atom. The van der Waals surface area contributed by atoms with Gasteiger partial charge in [0.2, 0.25) is 0 Å². The van der Waals surface area contributed by atoms with Crippen LogP contribution in [0.2, 0.25) is 0 Å². The second-order valence-corrected chi connectivity index (χ2v) is 6.32. The topological polar surface area (TPSA) is 20.2 Å². The molecular weight excluding hydrogens is 215 g/mol. The van der Waals surface area contributed by atoms with Crippen LogP contribution in [-0.2, 0) is 6.42 Å². The van der Waals surface area contributed by atoms with Gasteiger partial charge in [-0.25, -0.2) is 4.39 Å². The van der Waals surface area contributed by atoms with Crippen LogP contribution in [-0.4, -0.2) is 10.7 Å². The number of rotatable bonds is 2. The Balaban J connectivity index is 2.21. The van der Waals surface area contributed by atoms with Gasteiger partial charge in [0.1, 0.15) is 5.82 Å². The van der Waals surface area contributed by atoms with Crippen molar-refractivity contribution in [3.8, 4) is 0 Å². The maximum atomic E-state index is 13.6. The van der Waals surface area contributed by atoms with Crippen molar-refractivity contribution in [1.82, 2.24) is 0 Å². The summed E-state index contributed by atoms with van der Waals surface area (Å²) < 4.78 is 13.6. The minimum absolute atomic E-state index is 0.152. The molecule has 1 saturated carbocycles. The fourth-order valence-corrected chi connectivity index (χ4v) is 3.30. The Labute approximate surface area is 103 Å². The summed E-state index contributed by atoms with van der Waals surface area (Å²) in [5.41, 5.74) is 0.0185. The highest BCUT2D eigenvalue weighted by atomic mass is 19.1. The third kappa shape index (κ3) is 2.52. The van der Waals surface area contributed by atoms with Gasteiger partial charge < -0.3 is 5.11 Å². The zero-order chi connectivity index (χ0) is 12.7. The van der Waals surface area contributed by atoms with Gasteiger partial charge in [-0.15, -0.1) is 0 Å². The zero-order valence-corrected chi connectivity index (χ0v) is 10.8. The van der Waals surface area contributed by atoms with Crippen molar-refractivity contribution in [3.63, 3.8) is 0 Å². The van der Waals surface area contributed by atoms with E-state index in [-0.39, 0.29) is 17.2 Å². The average molecular weight is 236 g/mol. The molecule has 94 valence electrons. The largest absolute Gasteiger partial charge is 0.389 e. The van der Waals surface area contributed by atoms with Crippen molar-refractivity contribution in [1.29, 1.82) is 0 Å². The van der Waals surface area contributed by atoms with Gasteiger partial charge in [0.25, 0.3) is 0 Å². The van der Waals surface area contributed by atoms with E-state index in [0.29, 0.717) is 12.0 Å².